The number of rotatable bonds is 5. The van der Waals surface area contributed by atoms with Crippen LogP contribution in [-0.2, 0) is 21.4 Å². The Balaban J connectivity index is 2.06. The fourth-order valence-electron chi connectivity index (χ4n) is 1.22. The van der Waals surface area contributed by atoms with Crippen molar-refractivity contribution in [3.8, 4) is 0 Å². The van der Waals surface area contributed by atoms with Crippen LogP contribution < -0.4 is 10.0 Å². The Morgan fingerprint density at radius 3 is 2.70 bits per heavy atom. The van der Waals surface area contributed by atoms with Crippen molar-refractivity contribution in [2.24, 2.45) is 0 Å². The monoisotopic (exact) mass is 333 g/mol. The van der Waals surface area contributed by atoms with Gasteiger partial charge in [0.1, 0.15) is 5.01 Å². The fraction of sp³-hybridized carbons (Fsp3) is 0.333. The lowest BCUT2D eigenvalue weighted by Crippen LogP contribution is -2.23. The van der Waals surface area contributed by atoms with Crippen molar-refractivity contribution >= 4 is 43.7 Å². The zero-order chi connectivity index (χ0) is 14.8. The van der Waals surface area contributed by atoms with Gasteiger partial charge in [-0.3, -0.25) is 4.79 Å². The number of carbonyl (C=O) groups is 1. The lowest BCUT2D eigenvalue weighted by atomic mass is 10.6. The summed E-state index contributed by atoms with van der Waals surface area (Å²) in [5, 5.41) is 10.3. The predicted molar refractivity (Wildman–Crippen MR) is 75.1 cm³/mol. The molecule has 8 nitrogen and oxygen atoms in total. The molecule has 0 spiro atoms. The van der Waals surface area contributed by atoms with Gasteiger partial charge in [-0.25, -0.2) is 18.1 Å². The van der Waals surface area contributed by atoms with E-state index in [0.717, 1.165) is 16.2 Å². The molecule has 108 valence electrons. The second kappa shape index (κ2) is 5.91. The third-order valence-electron chi connectivity index (χ3n) is 2.00. The average molecular weight is 333 g/mol. The van der Waals surface area contributed by atoms with Crippen LogP contribution in [0.25, 0.3) is 0 Å². The van der Waals surface area contributed by atoms with Crippen LogP contribution in [0.5, 0.6) is 0 Å². The van der Waals surface area contributed by atoms with Gasteiger partial charge in [0.15, 0.2) is 0 Å². The molecule has 0 fully saturated rings. The van der Waals surface area contributed by atoms with Crippen LogP contribution in [0.4, 0.5) is 5.13 Å². The Bertz CT molecular complexity index is 721. The quantitative estimate of drug-likeness (QED) is 0.780. The Morgan fingerprint density at radius 1 is 1.35 bits per heavy atom. The molecule has 20 heavy (non-hydrogen) atoms. The van der Waals surface area contributed by atoms with E-state index in [-0.39, 0.29) is 21.9 Å². The average Bonchev–Trinajstić information content (AvgIpc) is 2.95. The lowest BCUT2D eigenvalue weighted by molar-refractivity contribution is -0.114. The Hall–Kier alpha value is -1.43. The minimum atomic E-state index is -3.75. The van der Waals surface area contributed by atoms with E-state index in [9.17, 15) is 13.2 Å². The molecular formula is C9H11N5O3S3. The van der Waals surface area contributed by atoms with Crippen LogP contribution in [0, 0.1) is 6.92 Å². The summed E-state index contributed by atoms with van der Waals surface area (Å²) in [6.07, 6.45) is 1.67. The third-order valence-corrected chi connectivity index (χ3v) is 5.52. The van der Waals surface area contributed by atoms with E-state index in [1.807, 2.05) is 6.92 Å². The molecule has 2 aromatic heterocycles. The highest BCUT2D eigenvalue weighted by Crippen LogP contribution is 2.20. The van der Waals surface area contributed by atoms with Crippen LogP contribution in [0.2, 0.25) is 0 Å². The van der Waals surface area contributed by atoms with Gasteiger partial charge in [-0.05, 0) is 6.92 Å². The molecule has 0 saturated heterocycles. The number of hydrogen-bond acceptors (Lipinski definition) is 8. The number of aryl methyl sites for hydroxylation is 1. The number of nitrogens with zero attached hydrogens (tertiary/aromatic N) is 3. The zero-order valence-corrected chi connectivity index (χ0v) is 13.0. The summed E-state index contributed by atoms with van der Waals surface area (Å²) in [4.78, 5) is 15.9. The van der Waals surface area contributed by atoms with Crippen LogP contribution in [-0.4, -0.2) is 29.5 Å². The van der Waals surface area contributed by atoms with Gasteiger partial charge in [-0.1, -0.05) is 11.3 Å². The van der Waals surface area contributed by atoms with Gasteiger partial charge in [0.05, 0.1) is 6.54 Å². The minimum Gasteiger partial charge on any atom is -0.301 e. The number of anilines is 1. The first-order valence-electron chi connectivity index (χ1n) is 5.39. The molecule has 0 unspecified atom stereocenters. The number of aromatic nitrogens is 3. The first kappa shape index (κ1) is 15.0. The van der Waals surface area contributed by atoms with Gasteiger partial charge in [-0.2, -0.15) is 0 Å². The normalized spacial score (nSPS) is 11.5. The number of nitrogens with one attached hydrogen (secondary N) is 2. The lowest BCUT2D eigenvalue weighted by Gasteiger charge is -2.00. The largest absolute Gasteiger partial charge is 0.301 e. The van der Waals surface area contributed by atoms with E-state index in [1.54, 1.807) is 6.20 Å². The zero-order valence-electron chi connectivity index (χ0n) is 10.6. The highest BCUT2D eigenvalue weighted by Gasteiger charge is 2.20. The van der Waals surface area contributed by atoms with Gasteiger partial charge in [-0.15, -0.1) is 21.5 Å². The van der Waals surface area contributed by atoms with E-state index in [1.165, 1.54) is 18.3 Å². The van der Waals surface area contributed by atoms with Crippen molar-refractivity contribution in [3.63, 3.8) is 0 Å². The van der Waals surface area contributed by atoms with E-state index in [2.05, 4.69) is 25.2 Å². The van der Waals surface area contributed by atoms with E-state index in [4.69, 9.17) is 0 Å². The number of sulfonamides is 1. The summed E-state index contributed by atoms with van der Waals surface area (Å²) < 4.78 is 26.1. The number of hydrogen-bond donors (Lipinski definition) is 2. The van der Waals surface area contributed by atoms with Crippen molar-refractivity contribution in [3.05, 3.63) is 16.1 Å². The molecule has 0 bridgehead atoms. The van der Waals surface area contributed by atoms with Gasteiger partial charge in [0.25, 0.3) is 10.0 Å². The topological polar surface area (TPSA) is 114 Å². The molecule has 2 aromatic rings. The highest BCUT2D eigenvalue weighted by molar-refractivity contribution is 7.91. The summed E-state index contributed by atoms with van der Waals surface area (Å²) in [7, 11) is -3.75. The maximum atomic E-state index is 12.0. The third kappa shape index (κ3) is 3.79. The maximum absolute atomic E-state index is 12.0. The first-order chi connectivity index (χ1) is 9.37. The van der Waals surface area contributed by atoms with E-state index in [0.29, 0.717) is 5.01 Å². The van der Waals surface area contributed by atoms with Crippen molar-refractivity contribution < 1.29 is 13.2 Å². The van der Waals surface area contributed by atoms with E-state index < -0.39 is 10.0 Å². The number of thiazole rings is 1. The molecule has 0 aliphatic rings. The van der Waals surface area contributed by atoms with Crippen molar-refractivity contribution in [1.82, 2.24) is 19.9 Å². The summed E-state index contributed by atoms with van der Waals surface area (Å²) >= 11 is 2.20. The minimum absolute atomic E-state index is 0.0931. The molecule has 11 heteroatoms. The van der Waals surface area contributed by atoms with Gasteiger partial charge in [0.2, 0.25) is 15.4 Å². The van der Waals surface area contributed by atoms with Gasteiger partial charge >= 0.3 is 0 Å². The smallest absolute Gasteiger partial charge is 0.270 e. The second-order valence-electron chi connectivity index (χ2n) is 3.74. The van der Waals surface area contributed by atoms with E-state index >= 15 is 0 Å². The molecule has 2 heterocycles. The SMILES string of the molecule is CC(=O)Nc1nnc(S(=O)(=O)NCc2ncc(C)s2)s1. The van der Waals surface area contributed by atoms with Crippen LogP contribution in [0.3, 0.4) is 0 Å². The first-order valence-corrected chi connectivity index (χ1v) is 8.50. The molecule has 0 aliphatic carbocycles. The molecule has 2 rings (SSSR count). The maximum Gasteiger partial charge on any atom is 0.270 e. The molecule has 2 N–H and O–H groups in total. The molecule has 0 saturated carbocycles. The van der Waals surface area contributed by atoms with Gasteiger partial charge in [0, 0.05) is 18.0 Å². The molecule has 0 aliphatic heterocycles. The molecule has 1 amide bonds. The number of carbonyl (C=O) groups excluding carboxylic acids is 1. The summed E-state index contributed by atoms with van der Waals surface area (Å²) in [5.41, 5.74) is 0. The van der Waals surface area contributed by atoms with Crippen LogP contribution in [0.1, 0.15) is 16.8 Å². The Morgan fingerprint density at radius 2 is 2.10 bits per heavy atom. The van der Waals surface area contributed by atoms with Crippen LogP contribution >= 0.6 is 22.7 Å². The molecule has 0 atom stereocenters. The second-order valence-corrected chi connectivity index (χ2v) is 7.98. The fourth-order valence-corrected chi connectivity index (χ4v) is 4.01. The predicted octanol–water partition coefficient (Wildman–Crippen LogP) is 0.740. The highest BCUT2D eigenvalue weighted by atomic mass is 32.2. The van der Waals surface area contributed by atoms with Gasteiger partial charge < -0.3 is 5.32 Å². The summed E-state index contributed by atoms with van der Waals surface area (Å²) in [6, 6.07) is 0. The molecular weight excluding hydrogens is 322 g/mol. The Kier molecular flexibility index (Phi) is 4.42. The molecule has 0 aromatic carbocycles. The number of amides is 1. The van der Waals surface area contributed by atoms with Crippen molar-refractivity contribution in [2.75, 3.05) is 5.32 Å². The Labute approximate surface area is 123 Å². The summed E-state index contributed by atoms with van der Waals surface area (Å²) in [5.74, 6) is -0.337. The standard InChI is InChI=1S/C9H11N5O3S3/c1-5-3-10-7(18-5)4-11-20(16,17)9-14-13-8(19-9)12-6(2)15/h3,11H,4H2,1-2H3,(H,12,13,15). The van der Waals surface area contributed by atoms with Crippen molar-refractivity contribution in [1.29, 1.82) is 0 Å². The van der Waals surface area contributed by atoms with Crippen LogP contribution in [0.15, 0.2) is 10.5 Å². The molecule has 0 radical (unpaired) electrons. The van der Waals surface area contributed by atoms with Crippen molar-refractivity contribution in [2.45, 2.75) is 24.7 Å². The summed E-state index contributed by atoms with van der Waals surface area (Å²) in [6.45, 7) is 3.29.